The smallest absolute Gasteiger partial charge is 0.305 e. The van der Waals surface area contributed by atoms with Crippen molar-refractivity contribution >= 4 is 52.2 Å². The van der Waals surface area contributed by atoms with Crippen molar-refractivity contribution in [3.63, 3.8) is 0 Å². The number of ether oxygens (including phenoxy) is 3. The average molecular weight is 684 g/mol. The van der Waals surface area contributed by atoms with Crippen LogP contribution in [-0.2, 0) is 14.4 Å². The van der Waals surface area contributed by atoms with Gasteiger partial charge in [0, 0.05) is 21.7 Å². The number of methoxy groups -OCH3 is 2. The Labute approximate surface area is 284 Å². The fourth-order valence-corrected chi connectivity index (χ4v) is 11.3. The molecule has 4 aromatic rings. The molecular formula is C36H33N3O7S2. The number of carbonyl (C=O) groups excluding carboxylic acids is 3. The molecule has 4 aliphatic rings. The van der Waals surface area contributed by atoms with Gasteiger partial charge >= 0.3 is 4.87 Å². The standard InChI is InChI=1S/C36H33N3O7S2/c1-17-5-4-6-19(13-17)37-26(40)16-46-24-12-7-18(14-25(24)45-3)27-28-22-15-23(31(28)47-33-32(27)48-36(43)38-33)30-29(22)34(41)39(35(30)42)20-8-10-21(44-2)11-9-20/h4-14,22-23,27-31H,15-16H2,1-3H3,(H,37,40)(H,38,43)/t22-,23-,27-,28?,29?,30?,31?/m1/s1. The first-order chi connectivity index (χ1) is 23.2. The highest BCUT2D eigenvalue weighted by Crippen LogP contribution is 2.68. The number of aromatic nitrogens is 1. The molecular weight excluding hydrogens is 651 g/mol. The topological polar surface area (TPSA) is 127 Å². The van der Waals surface area contributed by atoms with Gasteiger partial charge in [-0.1, -0.05) is 29.5 Å². The van der Waals surface area contributed by atoms with E-state index in [1.807, 2.05) is 43.3 Å². The van der Waals surface area contributed by atoms with Crippen molar-refractivity contribution in [3.05, 3.63) is 92.4 Å². The molecule has 3 fully saturated rings. The first kappa shape index (κ1) is 30.8. The van der Waals surface area contributed by atoms with E-state index in [1.54, 1.807) is 56.3 Å². The lowest BCUT2D eigenvalue weighted by molar-refractivity contribution is -0.123. The number of hydrogen-bond acceptors (Lipinski definition) is 9. The number of thiazole rings is 1. The van der Waals surface area contributed by atoms with Crippen LogP contribution >= 0.6 is 23.1 Å². The Hall–Kier alpha value is -4.55. The molecule has 2 bridgehead atoms. The second-order valence-corrected chi connectivity index (χ2v) is 15.0. The van der Waals surface area contributed by atoms with E-state index >= 15 is 0 Å². The fraction of sp³-hybridized carbons (Fsp3) is 0.333. The van der Waals surface area contributed by atoms with E-state index in [-0.39, 0.29) is 64.0 Å². The van der Waals surface area contributed by atoms with Gasteiger partial charge in [0.1, 0.15) is 5.75 Å². The molecule has 3 aromatic carbocycles. The number of benzene rings is 3. The number of carbonyl (C=O) groups is 3. The number of anilines is 2. The average Bonchev–Trinajstić information content (AvgIpc) is 3.82. The van der Waals surface area contributed by atoms with Crippen LogP contribution in [0, 0.1) is 36.5 Å². The Bertz CT molecular complexity index is 2010. The summed E-state index contributed by atoms with van der Waals surface area (Å²) in [4.78, 5) is 58.5. The number of aryl methyl sites for hydroxylation is 1. The Kier molecular flexibility index (Phi) is 7.59. The summed E-state index contributed by atoms with van der Waals surface area (Å²) in [6.07, 6.45) is 0.787. The number of hydrogen-bond donors (Lipinski definition) is 2. The summed E-state index contributed by atoms with van der Waals surface area (Å²) >= 11 is 2.85. The van der Waals surface area contributed by atoms with Crippen molar-refractivity contribution in [1.29, 1.82) is 0 Å². The molecule has 246 valence electrons. The van der Waals surface area contributed by atoms with E-state index in [0.717, 1.165) is 27.5 Å². The molecule has 2 N–H and O–H groups in total. The first-order valence-corrected chi connectivity index (χ1v) is 17.5. The normalized spacial score (nSPS) is 26.6. The first-order valence-electron chi connectivity index (χ1n) is 15.8. The van der Waals surface area contributed by atoms with E-state index in [4.69, 9.17) is 14.2 Å². The zero-order valence-corrected chi connectivity index (χ0v) is 28.1. The van der Waals surface area contributed by atoms with E-state index < -0.39 is 5.92 Å². The summed E-state index contributed by atoms with van der Waals surface area (Å²) in [6, 6.07) is 20.2. The zero-order valence-electron chi connectivity index (χ0n) is 26.4. The third-order valence-corrected chi connectivity index (χ3v) is 12.9. The molecule has 0 spiro atoms. The van der Waals surface area contributed by atoms with Crippen LogP contribution in [0.15, 0.2) is 76.6 Å². The minimum atomic E-state index is -0.414. The molecule has 48 heavy (non-hydrogen) atoms. The van der Waals surface area contributed by atoms with Crippen LogP contribution < -0.4 is 29.3 Å². The maximum absolute atomic E-state index is 14.1. The van der Waals surface area contributed by atoms with E-state index in [0.29, 0.717) is 28.6 Å². The minimum absolute atomic E-state index is 0.00478. The summed E-state index contributed by atoms with van der Waals surface area (Å²) in [5.74, 6) is -0.0210. The van der Waals surface area contributed by atoms with Gasteiger partial charge in [0.15, 0.2) is 18.1 Å². The number of H-pyrrole nitrogens is 1. The van der Waals surface area contributed by atoms with Crippen LogP contribution in [0.25, 0.3) is 0 Å². The van der Waals surface area contributed by atoms with Gasteiger partial charge in [-0.25, -0.2) is 0 Å². The SMILES string of the molecule is COc1ccc(N2C(=O)C3C(C2=O)[C@@H]2C[C@H]3C3Sc4[nH]c(=O)sc4[C@H](c4ccc(OCC(=O)Nc5cccc(C)c5)c(OC)c4)C32)cc1. The predicted molar refractivity (Wildman–Crippen MR) is 182 cm³/mol. The number of amides is 3. The number of aromatic amines is 1. The molecule has 3 heterocycles. The van der Waals surface area contributed by atoms with Gasteiger partial charge < -0.3 is 24.5 Å². The lowest BCUT2D eigenvalue weighted by atomic mass is 9.68. The van der Waals surface area contributed by atoms with E-state index in [2.05, 4.69) is 10.3 Å². The van der Waals surface area contributed by atoms with Crippen LogP contribution in [-0.4, -0.2) is 48.8 Å². The number of nitrogens with zero attached hydrogens (tertiary/aromatic N) is 1. The Morgan fingerprint density at radius 3 is 2.44 bits per heavy atom. The number of thioether (sulfide) groups is 1. The molecule has 0 radical (unpaired) electrons. The van der Waals surface area contributed by atoms with Crippen LogP contribution in [0.5, 0.6) is 17.2 Å². The van der Waals surface area contributed by atoms with E-state index in [9.17, 15) is 19.2 Å². The lowest BCUT2D eigenvalue weighted by Crippen LogP contribution is -2.42. The molecule has 8 rings (SSSR count). The second kappa shape index (κ2) is 11.9. The highest BCUT2D eigenvalue weighted by molar-refractivity contribution is 8.00. The predicted octanol–water partition coefficient (Wildman–Crippen LogP) is 5.46. The minimum Gasteiger partial charge on any atom is -0.497 e. The summed E-state index contributed by atoms with van der Waals surface area (Å²) in [5.41, 5.74) is 3.22. The molecule has 10 nitrogen and oxygen atoms in total. The van der Waals surface area contributed by atoms with Gasteiger partial charge in [0.2, 0.25) is 11.8 Å². The van der Waals surface area contributed by atoms with Gasteiger partial charge in [-0.05, 0) is 90.8 Å². The van der Waals surface area contributed by atoms with Gasteiger partial charge in [-0.15, -0.1) is 11.8 Å². The third kappa shape index (κ3) is 4.92. The van der Waals surface area contributed by atoms with Crippen molar-refractivity contribution in [3.8, 4) is 17.2 Å². The Balaban J connectivity index is 1.09. The molecule has 1 saturated heterocycles. The summed E-state index contributed by atoms with van der Waals surface area (Å²) < 4.78 is 16.9. The lowest BCUT2D eigenvalue weighted by Gasteiger charge is -2.43. The maximum Gasteiger partial charge on any atom is 0.305 e. The van der Waals surface area contributed by atoms with Crippen molar-refractivity contribution in [2.45, 2.75) is 29.5 Å². The summed E-state index contributed by atoms with van der Waals surface area (Å²) in [7, 11) is 3.13. The van der Waals surface area contributed by atoms with Crippen molar-refractivity contribution in [2.75, 3.05) is 31.0 Å². The second-order valence-electron chi connectivity index (χ2n) is 12.8. The maximum atomic E-state index is 14.1. The monoisotopic (exact) mass is 683 g/mol. The van der Waals surface area contributed by atoms with Crippen LogP contribution in [0.3, 0.4) is 0 Å². The van der Waals surface area contributed by atoms with Crippen LogP contribution in [0.2, 0.25) is 0 Å². The molecule has 3 amide bonds. The Morgan fingerprint density at radius 2 is 1.71 bits per heavy atom. The van der Waals surface area contributed by atoms with Crippen molar-refractivity contribution in [2.24, 2.45) is 29.6 Å². The molecule has 4 unspecified atom stereocenters. The van der Waals surface area contributed by atoms with E-state index in [1.165, 1.54) is 16.2 Å². The molecule has 12 heteroatoms. The fourth-order valence-electron chi connectivity index (χ4n) is 8.44. The number of nitrogens with one attached hydrogen (secondary N) is 2. The zero-order chi connectivity index (χ0) is 33.3. The quantitative estimate of drug-likeness (QED) is 0.235. The summed E-state index contributed by atoms with van der Waals surface area (Å²) in [5, 5.41) is 3.74. The molecule has 1 aromatic heterocycles. The Morgan fingerprint density at radius 1 is 0.938 bits per heavy atom. The van der Waals surface area contributed by atoms with Gasteiger partial charge in [0.25, 0.3) is 5.91 Å². The van der Waals surface area contributed by atoms with Gasteiger partial charge in [-0.3, -0.25) is 24.1 Å². The third-order valence-electron chi connectivity index (χ3n) is 10.3. The highest BCUT2D eigenvalue weighted by atomic mass is 32.2. The summed E-state index contributed by atoms with van der Waals surface area (Å²) in [6.45, 7) is 1.75. The number of fused-ring (bicyclic) bond motifs is 9. The van der Waals surface area contributed by atoms with Gasteiger partial charge in [-0.2, -0.15) is 0 Å². The number of rotatable bonds is 8. The molecule has 2 aliphatic heterocycles. The van der Waals surface area contributed by atoms with Crippen molar-refractivity contribution in [1.82, 2.24) is 4.98 Å². The van der Waals surface area contributed by atoms with Crippen LogP contribution in [0.4, 0.5) is 11.4 Å². The highest BCUT2D eigenvalue weighted by Gasteiger charge is 2.69. The van der Waals surface area contributed by atoms with Crippen LogP contribution in [0.1, 0.15) is 28.3 Å². The van der Waals surface area contributed by atoms with Gasteiger partial charge in [0.05, 0.1) is 36.8 Å². The molecule has 2 aliphatic carbocycles. The number of imide groups is 1. The van der Waals surface area contributed by atoms with Crippen molar-refractivity contribution < 1.29 is 28.6 Å². The largest absolute Gasteiger partial charge is 0.497 e. The molecule has 7 atom stereocenters. The molecule has 2 saturated carbocycles.